The van der Waals surface area contributed by atoms with Crippen molar-refractivity contribution in [1.82, 2.24) is 4.90 Å². The van der Waals surface area contributed by atoms with Crippen molar-refractivity contribution in [2.24, 2.45) is 4.99 Å². The van der Waals surface area contributed by atoms with Gasteiger partial charge in [0.05, 0.1) is 0 Å². The molecule has 0 aromatic rings. The predicted molar refractivity (Wildman–Crippen MR) is 52.3 cm³/mol. The van der Waals surface area contributed by atoms with Gasteiger partial charge in [0.25, 0.3) is 0 Å². The van der Waals surface area contributed by atoms with Gasteiger partial charge < -0.3 is 4.90 Å². The van der Waals surface area contributed by atoms with Gasteiger partial charge in [-0.15, -0.1) is 0 Å². The van der Waals surface area contributed by atoms with Crippen molar-refractivity contribution in [3.8, 4) is 0 Å². The molecule has 0 amide bonds. The lowest BCUT2D eigenvalue weighted by molar-refractivity contribution is 0.440. The molecule has 0 bridgehead atoms. The maximum Gasteiger partial charge on any atom is 0.159 e. The van der Waals surface area contributed by atoms with E-state index in [4.69, 9.17) is 0 Å². The molecule has 0 radical (unpaired) electrons. The van der Waals surface area contributed by atoms with Crippen LogP contribution in [0.15, 0.2) is 4.99 Å². The standard InChI is InChI=1S/C8H16N2S/c1-4-5-10-6-7(2)11-8(10)9-3/h7H,4-6H2,1-3H3. The zero-order valence-electron chi connectivity index (χ0n) is 7.50. The van der Waals surface area contributed by atoms with E-state index in [1.807, 2.05) is 18.8 Å². The van der Waals surface area contributed by atoms with Crippen molar-refractivity contribution in [1.29, 1.82) is 0 Å². The molecule has 1 atom stereocenters. The summed E-state index contributed by atoms with van der Waals surface area (Å²) in [5.74, 6) is 0. The number of aliphatic imine (C=N–C) groups is 1. The summed E-state index contributed by atoms with van der Waals surface area (Å²) in [6, 6.07) is 0. The highest BCUT2D eigenvalue weighted by Crippen LogP contribution is 2.24. The maximum atomic E-state index is 4.24. The Bertz CT molecular complexity index is 156. The number of hydrogen-bond acceptors (Lipinski definition) is 2. The second kappa shape index (κ2) is 4.00. The number of hydrogen-bond donors (Lipinski definition) is 0. The Balaban J connectivity index is 2.51. The largest absolute Gasteiger partial charge is 0.350 e. The molecule has 0 aromatic heterocycles. The second-order valence-electron chi connectivity index (χ2n) is 2.88. The van der Waals surface area contributed by atoms with Crippen LogP contribution in [0.5, 0.6) is 0 Å². The fourth-order valence-electron chi connectivity index (χ4n) is 1.33. The summed E-state index contributed by atoms with van der Waals surface area (Å²) in [7, 11) is 1.88. The van der Waals surface area contributed by atoms with Crippen LogP contribution in [-0.4, -0.2) is 35.5 Å². The smallest absolute Gasteiger partial charge is 0.159 e. The molecule has 1 saturated heterocycles. The van der Waals surface area contributed by atoms with E-state index < -0.39 is 0 Å². The molecule has 1 unspecified atom stereocenters. The van der Waals surface area contributed by atoms with E-state index in [1.165, 1.54) is 18.1 Å². The minimum absolute atomic E-state index is 0.722. The van der Waals surface area contributed by atoms with Crippen LogP contribution in [-0.2, 0) is 0 Å². The Morgan fingerprint density at radius 1 is 1.73 bits per heavy atom. The Labute approximate surface area is 73.1 Å². The van der Waals surface area contributed by atoms with E-state index >= 15 is 0 Å². The van der Waals surface area contributed by atoms with Crippen LogP contribution in [0.1, 0.15) is 20.3 Å². The van der Waals surface area contributed by atoms with E-state index in [2.05, 4.69) is 23.7 Å². The van der Waals surface area contributed by atoms with Crippen LogP contribution in [0.2, 0.25) is 0 Å². The van der Waals surface area contributed by atoms with E-state index in [9.17, 15) is 0 Å². The number of nitrogens with zero attached hydrogens (tertiary/aromatic N) is 2. The lowest BCUT2D eigenvalue weighted by atomic mass is 10.4. The lowest BCUT2D eigenvalue weighted by Gasteiger charge is -2.15. The van der Waals surface area contributed by atoms with Gasteiger partial charge in [-0.1, -0.05) is 25.6 Å². The zero-order chi connectivity index (χ0) is 8.27. The Kier molecular flexibility index (Phi) is 3.24. The quantitative estimate of drug-likeness (QED) is 0.631. The molecule has 1 aliphatic rings. The first-order valence-electron chi connectivity index (χ1n) is 4.16. The van der Waals surface area contributed by atoms with Gasteiger partial charge in [0.2, 0.25) is 0 Å². The first kappa shape index (κ1) is 8.91. The van der Waals surface area contributed by atoms with Crippen molar-refractivity contribution in [2.45, 2.75) is 25.5 Å². The summed E-state index contributed by atoms with van der Waals surface area (Å²) < 4.78 is 0. The van der Waals surface area contributed by atoms with Crippen molar-refractivity contribution in [3.05, 3.63) is 0 Å². The van der Waals surface area contributed by atoms with E-state index in [-0.39, 0.29) is 0 Å². The molecule has 0 aliphatic carbocycles. The molecule has 1 aliphatic heterocycles. The highest BCUT2D eigenvalue weighted by Gasteiger charge is 2.23. The molecule has 64 valence electrons. The molecule has 1 fully saturated rings. The van der Waals surface area contributed by atoms with Crippen LogP contribution in [0.25, 0.3) is 0 Å². The van der Waals surface area contributed by atoms with Gasteiger partial charge in [0.15, 0.2) is 5.17 Å². The van der Waals surface area contributed by atoms with Crippen molar-refractivity contribution < 1.29 is 0 Å². The molecule has 0 aromatic carbocycles. The molecule has 2 nitrogen and oxygen atoms in total. The van der Waals surface area contributed by atoms with Crippen LogP contribution >= 0.6 is 11.8 Å². The number of amidine groups is 1. The summed E-state index contributed by atoms with van der Waals surface area (Å²) in [6.45, 7) is 6.79. The Hall–Kier alpha value is -0.180. The zero-order valence-corrected chi connectivity index (χ0v) is 8.32. The Morgan fingerprint density at radius 3 is 3.00 bits per heavy atom. The fraction of sp³-hybridized carbons (Fsp3) is 0.875. The van der Waals surface area contributed by atoms with Gasteiger partial charge in [0, 0.05) is 25.4 Å². The lowest BCUT2D eigenvalue weighted by Crippen LogP contribution is -2.26. The van der Waals surface area contributed by atoms with E-state index in [0.717, 1.165) is 11.8 Å². The SMILES string of the molecule is CCCN1CC(C)SC1=NC. The number of thioether (sulfide) groups is 1. The van der Waals surface area contributed by atoms with Gasteiger partial charge in [-0.05, 0) is 6.42 Å². The third kappa shape index (κ3) is 2.12. The summed E-state index contributed by atoms with van der Waals surface area (Å²) in [5.41, 5.74) is 0. The predicted octanol–water partition coefficient (Wildman–Crippen LogP) is 1.82. The molecule has 3 heteroatoms. The number of rotatable bonds is 2. The summed E-state index contributed by atoms with van der Waals surface area (Å²) in [5, 5.41) is 1.94. The second-order valence-corrected chi connectivity index (χ2v) is 4.29. The minimum Gasteiger partial charge on any atom is -0.350 e. The average Bonchev–Trinajstić information content (AvgIpc) is 2.32. The maximum absolute atomic E-state index is 4.24. The third-order valence-electron chi connectivity index (χ3n) is 1.74. The van der Waals surface area contributed by atoms with Crippen LogP contribution < -0.4 is 0 Å². The topological polar surface area (TPSA) is 15.6 Å². The van der Waals surface area contributed by atoms with Crippen molar-refractivity contribution in [3.63, 3.8) is 0 Å². The fourth-order valence-corrected chi connectivity index (χ4v) is 2.37. The first-order chi connectivity index (χ1) is 5.27. The van der Waals surface area contributed by atoms with Gasteiger partial charge in [0.1, 0.15) is 0 Å². The minimum atomic E-state index is 0.722. The molecule has 11 heavy (non-hydrogen) atoms. The van der Waals surface area contributed by atoms with E-state index in [0.29, 0.717) is 0 Å². The van der Waals surface area contributed by atoms with Gasteiger partial charge in [-0.3, -0.25) is 4.99 Å². The molecular weight excluding hydrogens is 156 g/mol. The molecule has 0 saturated carbocycles. The van der Waals surface area contributed by atoms with Crippen molar-refractivity contribution >= 4 is 16.9 Å². The first-order valence-corrected chi connectivity index (χ1v) is 5.04. The molecule has 1 heterocycles. The van der Waals surface area contributed by atoms with Crippen LogP contribution in [0.3, 0.4) is 0 Å². The summed E-state index contributed by atoms with van der Waals surface area (Å²) >= 11 is 1.89. The molecule has 1 rings (SSSR count). The highest BCUT2D eigenvalue weighted by molar-refractivity contribution is 8.14. The molecule has 0 spiro atoms. The van der Waals surface area contributed by atoms with Gasteiger partial charge in [-0.2, -0.15) is 0 Å². The summed E-state index contributed by atoms with van der Waals surface area (Å²) in [4.78, 5) is 6.61. The van der Waals surface area contributed by atoms with Gasteiger partial charge in [-0.25, -0.2) is 0 Å². The van der Waals surface area contributed by atoms with Crippen LogP contribution in [0, 0.1) is 0 Å². The average molecular weight is 172 g/mol. The third-order valence-corrected chi connectivity index (χ3v) is 2.94. The molecular formula is C8H16N2S. The van der Waals surface area contributed by atoms with E-state index in [1.54, 1.807) is 0 Å². The monoisotopic (exact) mass is 172 g/mol. The van der Waals surface area contributed by atoms with Crippen LogP contribution in [0.4, 0.5) is 0 Å². The van der Waals surface area contributed by atoms with Gasteiger partial charge >= 0.3 is 0 Å². The Morgan fingerprint density at radius 2 is 2.45 bits per heavy atom. The summed E-state index contributed by atoms with van der Waals surface area (Å²) in [6.07, 6.45) is 1.21. The molecule has 0 N–H and O–H groups in total. The highest BCUT2D eigenvalue weighted by atomic mass is 32.2. The van der Waals surface area contributed by atoms with Crippen molar-refractivity contribution in [2.75, 3.05) is 20.1 Å². The normalized spacial score (nSPS) is 28.5.